The molecule has 6 heteroatoms. The standard InChI is InChI=1S/C9H10N4OS/c1-13-11-9(10-12-13)6-15-8-4-2-3-7(14)5-8/h2-5,14H,6H2,1H3. The Morgan fingerprint density at radius 2 is 2.33 bits per heavy atom. The van der Waals surface area contributed by atoms with Gasteiger partial charge in [0.2, 0.25) is 0 Å². The molecule has 1 heterocycles. The Morgan fingerprint density at radius 3 is 3.00 bits per heavy atom. The molecule has 0 amide bonds. The van der Waals surface area contributed by atoms with Gasteiger partial charge in [-0.3, -0.25) is 0 Å². The van der Waals surface area contributed by atoms with Crippen LogP contribution >= 0.6 is 11.8 Å². The minimum Gasteiger partial charge on any atom is -0.508 e. The molecule has 0 fully saturated rings. The third-order valence-corrected chi connectivity index (χ3v) is 2.73. The van der Waals surface area contributed by atoms with E-state index >= 15 is 0 Å². The maximum atomic E-state index is 9.25. The van der Waals surface area contributed by atoms with E-state index in [4.69, 9.17) is 0 Å². The molecule has 0 atom stereocenters. The lowest BCUT2D eigenvalue weighted by atomic mass is 10.3. The first kappa shape index (κ1) is 9.97. The zero-order valence-electron chi connectivity index (χ0n) is 8.16. The van der Waals surface area contributed by atoms with Crippen molar-refractivity contribution >= 4 is 11.8 Å². The number of phenols is 1. The number of hydrogen-bond donors (Lipinski definition) is 1. The van der Waals surface area contributed by atoms with Gasteiger partial charge in [0.05, 0.1) is 12.8 Å². The lowest BCUT2D eigenvalue weighted by molar-refractivity contribution is 0.474. The van der Waals surface area contributed by atoms with Gasteiger partial charge in [-0.25, -0.2) is 0 Å². The van der Waals surface area contributed by atoms with Crippen molar-refractivity contribution in [2.24, 2.45) is 7.05 Å². The Bertz CT molecular complexity index is 457. The summed E-state index contributed by atoms with van der Waals surface area (Å²) in [6, 6.07) is 7.09. The fraction of sp³-hybridized carbons (Fsp3) is 0.222. The van der Waals surface area contributed by atoms with Crippen LogP contribution in [-0.4, -0.2) is 25.3 Å². The molecule has 0 aliphatic rings. The normalized spacial score (nSPS) is 10.5. The third kappa shape index (κ3) is 2.69. The highest BCUT2D eigenvalue weighted by Gasteiger charge is 2.01. The summed E-state index contributed by atoms with van der Waals surface area (Å²) in [6.45, 7) is 0. The van der Waals surface area contributed by atoms with Gasteiger partial charge in [0.25, 0.3) is 0 Å². The number of rotatable bonds is 3. The Labute approximate surface area is 91.1 Å². The molecule has 15 heavy (non-hydrogen) atoms. The van der Waals surface area contributed by atoms with E-state index in [2.05, 4.69) is 15.4 Å². The lowest BCUT2D eigenvalue weighted by Gasteiger charge is -1.98. The number of aryl methyl sites for hydroxylation is 1. The molecule has 1 aromatic heterocycles. The van der Waals surface area contributed by atoms with Crippen molar-refractivity contribution in [3.63, 3.8) is 0 Å². The number of aromatic hydroxyl groups is 1. The van der Waals surface area contributed by atoms with Gasteiger partial charge in [-0.2, -0.15) is 4.80 Å². The predicted molar refractivity (Wildman–Crippen MR) is 56.5 cm³/mol. The molecule has 5 nitrogen and oxygen atoms in total. The van der Waals surface area contributed by atoms with Crippen molar-refractivity contribution < 1.29 is 5.11 Å². The van der Waals surface area contributed by atoms with Crippen molar-refractivity contribution in [3.8, 4) is 5.75 Å². The maximum absolute atomic E-state index is 9.25. The first-order valence-electron chi connectivity index (χ1n) is 4.39. The molecular weight excluding hydrogens is 212 g/mol. The molecule has 1 aromatic carbocycles. The lowest BCUT2D eigenvalue weighted by Crippen LogP contribution is -1.92. The van der Waals surface area contributed by atoms with E-state index in [1.807, 2.05) is 12.1 Å². The quantitative estimate of drug-likeness (QED) is 0.791. The molecule has 0 bridgehead atoms. The van der Waals surface area contributed by atoms with Crippen LogP contribution in [0.15, 0.2) is 29.2 Å². The van der Waals surface area contributed by atoms with Crippen LogP contribution in [0.1, 0.15) is 5.82 Å². The number of benzene rings is 1. The van der Waals surface area contributed by atoms with Gasteiger partial charge in [0, 0.05) is 4.90 Å². The van der Waals surface area contributed by atoms with E-state index in [0.29, 0.717) is 11.6 Å². The van der Waals surface area contributed by atoms with Crippen molar-refractivity contribution in [2.75, 3.05) is 0 Å². The Balaban J connectivity index is 1.99. The van der Waals surface area contributed by atoms with Gasteiger partial charge < -0.3 is 5.11 Å². The summed E-state index contributed by atoms with van der Waals surface area (Å²) in [7, 11) is 1.73. The van der Waals surface area contributed by atoms with Gasteiger partial charge >= 0.3 is 0 Å². The van der Waals surface area contributed by atoms with E-state index in [-0.39, 0.29) is 5.75 Å². The van der Waals surface area contributed by atoms with Gasteiger partial charge in [0.15, 0.2) is 5.82 Å². The van der Waals surface area contributed by atoms with Crippen molar-refractivity contribution in [1.82, 2.24) is 20.2 Å². The van der Waals surface area contributed by atoms with E-state index in [1.54, 1.807) is 30.9 Å². The summed E-state index contributed by atoms with van der Waals surface area (Å²) >= 11 is 1.56. The monoisotopic (exact) mass is 222 g/mol. The SMILES string of the molecule is Cn1nnc(CSc2cccc(O)c2)n1. The number of nitrogens with zero attached hydrogens (tertiary/aromatic N) is 4. The van der Waals surface area contributed by atoms with Crippen LogP contribution in [0.2, 0.25) is 0 Å². The van der Waals surface area contributed by atoms with Gasteiger partial charge in [0.1, 0.15) is 5.75 Å². The second kappa shape index (κ2) is 4.31. The zero-order valence-corrected chi connectivity index (χ0v) is 8.98. The van der Waals surface area contributed by atoms with Crippen LogP contribution < -0.4 is 0 Å². The molecule has 0 saturated carbocycles. The highest BCUT2D eigenvalue weighted by molar-refractivity contribution is 7.98. The summed E-state index contributed by atoms with van der Waals surface area (Å²) in [5.41, 5.74) is 0. The summed E-state index contributed by atoms with van der Waals surface area (Å²) in [5.74, 6) is 1.61. The average molecular weight is 222 g/mol. The molecule has 2 rings (SSSR count). The fourth-order valence-corrected chi connectivity index (χ4v) is 1.89. The molecule has 78 valence electrons. The zero-order chi connectivity index (χ0) is 10.7. The van der Waals surface area contributed by atoms with Crippen LogP contribution in [0, 0.1) is 0 Å². The van der Waals surface area contributed by atoms with Crippen LogP contribution in [0.25, 0.3) is 0 Å². The number of phenolic OH excluding ortho intramolecular Hbond substituents is 1. The summed E-state index contributed by atoms with van der Waals surface area (Å²) in [6.07, 6.45) is 0. The minimum absolute atomic E-state index is 0.270. The summed E-state index contributed by atoms with van der Waals surface area (Å²) in [4.78, 5) is 2.42. The summed E-state index contributed by atoms with van der Waals surface area (Å²) < 4.78 is 0. The molecule has 0 unspecified atom stereocenters. The molecule has 0 saturated heterocycles. The topological polar surface area (TPSA) is 63.8 Å². The maximum Gasteiger partial charge on any atom is 0.184 e. The summed E-state index contributed by atoms with van der Waals surface area (Å²) in [5, 5.41) is 20.9. The van der Waals surface area contributed by atoms with Crippen LogP contribution in [-0.2, 0) is 12.8 Å². The first-order chi connectivity index (χ1) is 7.24. The highest BCUT2D eigenvalue weighted by Crippen LogP contribution is 2.24. The predicted octanol–water partition coefficient (Wildman–Crippen LogP) is 1.21. The highest BCUT2D eigenvalue weighted by atomic mass is 32.2. The largest absolute Gasteiger partial charge is 0.508 e. The Kier molecular flexibility index (Phi) is 2.86. The van der Waals surface area contributed by atoms with Crippen molar-refractivity contribution in [2.45, 2.75) is 10.6 Å². The second-order valence-electron chi connectivity index (χ2n) is 2.98. The van der Waals surface area contributed by atoms with E-state index < -0.39 is 0 Å². The molecule has 0 aliphatic carbocycles. The first-order valence-corrected chi connectivity index (χ1v) is 5.37. The van der Waals surface area contributed by atoms with Gasteiger partial charge in [-0.05, 0) is 23.4 Å². The van der Waals surface area contributed by atoms with Crippen LogP contribution in [0.5, 0.6) is 5.75 Å². The third-order valence-electron chi connectivity index (χ3n) is 1.74. The van der Waals surface area contributed by atoms with E-state index in [9.17, 15) is 5.11 Å². The molecule has 2 aromatic rings. The van der Waals surface area contributed by atoms with Gasteiger partial charge in [-0.15, -0.1) is 22.0 Å². The minimum atomic E-state index is 0.270. The number of hydrogen-bond acceptors (Lipinski definition) is 5. The Hall–Kier alpha value is -1.56. The number of thioether (sulfide) groups is 1. The van der Waals surface area contributed by atoms with Gasteiger partial charge in [-0.1, -0.05) is 6.07 Å². The van der Waals surface area contributed by atoms with E-state index in [0.717, 1.165) is 4.90 Å². The number of tetrazole rings is 1. The Morgan fingerprint density at radius 1 is 1.47 bits per heavy atom. The molecular formula is C9H10N4OS. The second-order valence-corrected chi connectivity index (χ2v) is 4.03. The number of aromatic nitrogens is 4. The van der Waals surface area contributed by atoms with E-state index in [1.165, 1.54) is 4.80 Å². The fourth-order valence-electron chi connectivity index (χ4n) is 1.10. The van der Waals surface area contributed by atoms with Crippen LogP contribution in [0.4, 0.5) is 0 Å². The average Bonchev–Trinajstić information content (AvgIpc) is 2.62. The van der Waals surface area contributed by atoms with Crippen LogP contribution in [0.3, 0.4) is 0 Å². The molecule has 0 spiro atoms. The smallest absolute Gasteiger partial charge is 0.184 e. The molecule has 0 aliphatic heterocycles. The molecule has 1 N–H and O–H groups in total. The molecule has 0 radical (unpaired) electrons. The van der Waals surface area contributed by atoms with Crippen molar-refractivity contribution in [1.29, 1.82) is 0 Å². The van der Waals surface area contributed by atoms with Crippen molar-refractivity contribution in [3.05, 3.63) is 30.1 Å².